The Morgan fingerprint density at radius 1 is 1.29 bits per heavy atom. The topological polar surface area (TPSA) is 57.4 Å². The predicted molar refractivity (Wildman–Crippen MR) is 68.9 cm³/mol. The lowest BCUT2D eigenvalue weighted by Crippen LogP contribution is -2.50. The molecule has 1 rings (SSSR count). The van der Waals surface area contributed by atoms with E-state index in [-0.39, 0.29) is 13.2 Å². The number of aromatic nitrogens is 1. The monoisotopic (exact) mass is 240 g/mol. The molecule has 4 heteroatoms. The van der Waals surface area contributed by atoms with E-state index in [0.29, 0.717) is 13.0 Å². The lowest BCUT2D eigenvalue weighted by atomic mass is 9.98. The van der Waals surface area contributed by atoms with Crippen LogP contribution in [-0.2, 0) is 13.6 Å². The first-order valence-corrected chi connectivity index (χ1v) is 6.08. The van der Waals surface area contributed by atoms with Crippen molar-refractivity contribution < 1.29 is 10.2 Å². The van der Waals surface area contributed by atoms with Crippen molar-refractivity contribution in [3.05, 3.63) is 23.0 Å². The van der Waals surface area contributed by atoms with Gasteiger partial charge in [-0.1, -0.05) is 6.92 Å². The zero-order valence-electron chi connectivity index (χ0n) is 11.2. The predicted octanol–water partition coefficient (Wildman–Crippen LogP) is 0.865. The number of hydrogen-bond acceptors (Lipinski definition) is 3. The molecule has 0 fully saturated rings. The Hall–Kier alpha value is -0.840. The van der Waals surface area contributed by atoms with Crippen LogP contribution in [-0.4, -0.2) is 33.5 Å². The van der Waals surface area contributed by atoms with Gasteiger partial charge in [0.1, 0.15) is 0 Å². The molecular formula is C13H24N2O2. The van der Waals surface area contributed by atoms with Crippen molar-refractivity contribution >= 4 is 0 Å². The van der Waals surface area contributed by atoms with E-state index < -0.39 is 5.54 Å². The van der Waals surface area contributed by atoms with Crippen LogP contribution in [0.25, 0.3) is 0 Å². The van der Waals surface area contributed by atoms with E-state index in [1.807, 2.05) is 14.0 Å². The standard InChI is InChI=1S/C13H24N2O2/c1-5-13(8-16,9-17)14-7-12-6-10(2)15(4)11(12)3/h6,14,16-17H,5,7-9H2,1-4H3. The highest BCUT2D eigenvalue weighted by Gasteiger charge is 2.25. The summed E-state index contributed by atoms with van der Waals surface area (Å²) in [5.74, 6) is 0. The van der Waals surface area contributed by atoms with Gasteiger partial charge in [0.2, 0.25) is 0 Å². The van der Waals surface area contributed by atoms with Gasteiger partial charge in [-0.2, -0.15) is 0 Å². The van der Waals surface area contributed by atoms with Gasteiger partial charge in [-0.3, -0.25) is 0 Å². The minimum atomic E-state index is -0.573. The number of hydrogen-bond donors (Lipinski definition) is 3. The van der Waals surface area contributed by atoms with E-state index >= 15 is 0 Å². The maximum Gasteiger partial charge on any atom is 0.0648 e. The molecule has 0 spiro atoms. The molecule has 0 aromatic carbocycles. The normalized spacial score (nSPS) is 12.1. The van der Waals surface area contributed by atoms with Gasteiger partial charge >= 0.3 is 0 Å². The quantitative estimate of drug-likeness (QED) is 0.691. The molecule has 0 aliphatic rings. The number of nitrogens with one attached hydrogen (secondary N) is 1. The number of aliphatic hydroxyl groups excluding tert-OH is 2. The van der Waals surface area contributed by atoms with E-state index in [1.54, 1.807) is 0 Å². The van der Waals surface area contributed by atoms with Crippen LogP contribution in [0.4, 0.5) is 0 Å². The summed E-state index contributed by atoms with van der Waals surface area (Å²) in [6.07, 6.45) is 0.699. The van der Waals surface area contributed by atoms with Crippen molar-refractivity contribution in [2.75, 3.05) is 13.2 Å². The second-order valence-electron chi connectivity index (χ2n) is 4.76. The van der Waals surface area contributed by atoms with Crippen LogP contribution in [0.15, 0.2) is 6.07 Å². The third-order valence-electron chi connectivity index (χ3n) is 3.82. The van der Waals surface area contributed by atoms with Gasteiger partial charge < -0.3 is 20.1 Å². The first kappa shape index (κ1) is 14.2. The minimum Gasteiger partial charge on any atom is -0.394 e. The molecule has 0 saturated heterocycles. The van der Waals surface area contributed by atoms with E-state index in [2.05, 4.69) is 29.8 Å². The molecule has 98 valence electrons. The van der Waals surface area contributed by atoms with Crippen molar-refractivity contribution in [1.82, 2.24) is 9.88 Å². The number of aryl methyl sites for hydroxylation is 1. The Balaban J connectivity index is 2.75. The summed E-state index contributed by atoms with van der Waals surface area (Å²) in [6.45, 7) is 6.68. The smallest absolute Gasteiger partial charge is 0.0648 e. The molecule has 0 unspecified atom stereocenters. The van der Waals surface area contributed by atoms with Crippen LogP contribution in [0.2, 0.25) is 0 Å². The Kier molecular flexibility index (Phi) is 4.74. The van der Waals surface area contributed by atoms with Crippen molar-refractivity contribution in [3.63, 3.8) is 0 Å². The van der Waals surface area contributed by atoms with Crippen LogP contribution in [0.5, 0.6) is 0 Å². The summed E-state index contributed by atoms with van der Waals surface area (Å²) in [7, 11) is 2.04. The highest BCUT2D eigenvalue weighted by molar-refractivity contribution is 5.26. The average molecular weight is 240 g/mol. The molecule has 0 saturated carbocycles. The molecule has 4 nitrogen and oxygen atoms in total. The molecule has 17 heavy (non-hydrogen) atoms. The summed E-state index contributed by atoms with van der Waals surface area (Å²) in [6, 6.07) is 2.14. The van der Waals surface area contributed by atoms with Gasteiger partial charge in [0, 0.05) is 25.0 Å². The van der Waals surface area contributed by atoms with Crippen molar-refractivity contribution in [2.45, 2.75) is 39.3 Å². The maximum absolute atomic E-state index is 9.36. The van der Waals surface area contributed by atoms with E-state index in [0.717, 1.165) is 0 Å². The van der Waals surface area contributed by atoms with Gasteiger partial charge in [0.25, 0.3) is 0 Å². The van der Waals surface area contributed by atoms with Crippen LogP contribution in [0.3, 0.4) is 0 Å². The zero-order valence-corrected chi connectivity index (χ0v) is 11.2. The van der Waals surface area contributed by atoms with E-state index in [9.17, 15) is 10.2 Å². The van der Waals surface area contributed by atoms with Gasteiger partial charge in [-0.15, -0.1) is 0 Å². The molecule has 0 aliphatic carbocycles. The van der Waals surface area contributed by atoms with E-state index in [1.165, 1.54) is 17.0 Å². The Morgan fingerprint density at radius 2 is 1.88 bits per heavy atom. The van der Waals surface area contributed by atoms with Gasteiger partial charge in [0.05, 0.1) is 18.8 Å². The molecule has 1 heterocycles. The molecule has 0 aliphatic heterocycles. The second-order valence-corrected chi connectivity index (χ2v) is 4.76. The molecule has 0 bridgehead atoms. The molecule has 1 aromatic heterocycles. The highest BCUT2D eigenvalue weighted by Crippen LogP contribution is 2.15. The molecule has 0 radical (unpaired) electrons. The summed E-state index contributed by atoms with van der Waals surface area (Å²) in [5, 5.41) is 22.0. The number of nitrogens with zero attached hydrogens (tertiary/aromatic N) is 1. The molecule has 3 N–H and O–H groups in total. The maximum atomic E-state index is 9.36. The summed E-state index contributed by atoms with van der Waals surface area (Å²) < 4.78 is 2.14. The largest absolute Gasteiger partial charge is 0.394 e. The van der Waals surface area contributed by atoms with Crippen LogP contribution >= 0.6 is 0 Å². The van der Waals surface area contributed by atoms with Gasteiger partial charge in [-0.25, -0.2) is 0 Å². The molecule has 0 atom stereocenters. The van der Waals surface area contributed by atoms with Crippen molar-refractivity contribution in [1.29, 1.82) is 0 Å². The average Bonchev–Trinajstić information content (AvgIpc) is 2.59. The Bertz CT molecular complexity index is 359. The highest BCUT2D eigenvalue weighted by atomic mass is 16.3. The number of rotatable bonds is 6. The SMILES string of the molecule is CCC(CO)(CO)NCc1cc(C)n(C)c1C. The van der Waals surface area contributed by atoms with Gasteiger partial charge in [0.15, 0.2) is 0 Å². The Labute approximate surface area is 103 Å². The molecule has 0 amide bonds. The lowest BCUT2D eigenvalue weighted by Gasteiger charge is -2.29. The Morgan fingerprint density at radius 3 is 2.24 bits per heavy atom. The fraction of sp³-hybridized carbons (Fsp3) is 0.692. The molecular weight excluding hydrogens is 216 g/mol. The first-order chi connectivity index (χ1) is 7.99. The summed E-state index contributed by atoms with van der Waals surface area (Å²) >= 11 is 0. The van der Waals surface area contributed by atoms with Crippen LogP contribution in [0, 0.1) is 13.8 Å². The lowest BCUT2D eigenvalue weighted by molar-refractivity contribution is 0.0863. The summed E-state index contributed by atoms with van der Waals surface area (Å²) in [5.41, 5.74) is 3.07. The molecule has 1 aromatic rings. The summed E-state index contributed by atoms with van der Waals surface area (Å²) in [4.78, 5) is 0. The van der Waals surface area contributed by atoms with Crippen LogP contribution in [0.1, 0.15) is 30.3 Å². The third kappa shape index (κ3) is 2.89. The van der Waals surface area contributed by atoms with Crippen molar-refractivity contribution in [2.24, 2.45) is 7.05 Å². The zero-order chi connectivity index (χ0) is 13.1. The minimum absolute atomic E-state index is 0.0507. The van der Waals surface area contributed by atoms with E-state index in [4.69, 9.17) is 0 Å². The van der Waals surface area contributed by atoms with Gasteiger partial charge in [-0.05, 0) is 31.9 Å². The first-order valence-electron chi connectivity index (χ1n) is 6.08. The van der Waals surface area contributed by atoms with Crippen molar-refractivity contribution in [3.8, 4) is 0 Å². The number of aliphatic hydroxyl groups is 2. The second kappa shape index (κ2) is 5.67. The fourth-order valence-electron chi connectivity index (χ4n) is 1.91. The van der Waals surface area contributed by atoms with Crippen LogP contribution < -0.4 is 5.32 Å². The fourth-order valence-corrected chi connectivity index (χ4v) is 1.91. The third-order valence-corrected chi connectivity index (χ3v) is 3.82.